The molecule has 1 aromatic heterocycles. The predicted molar refractivity (Wildman–Crippen MR) is 121 cm³/mol. The Morgan fingerprint density at radius 3 is 2.19 bits per heavy atom. The quantitative estimate of drug-likeness (QED) is 0.397. The molecule has 0 bridgehead atoms. The number of carbonyl (C=O) groups is 3. The van der Waals surface area contributed by atoms with E-state index in [4.69, 9.17) is 4.42 Å². The molecule has 1 amide bonds. The van der Waals surface area contributed by atoms with Crippen LogP contribution in [0.4, 0.5) is 5.69 Å². The lowest BCUT2D eigenvalue weighted by Gasteiger charge is -2.13. The molecular weight excluding hydrogens is 402 g/mol. The molecule has 0 spiro atoms. The SMILES string of the molecule is O=C1c2ccccc2C(=O)c2c1oc1c(C(=O)Nc3ccccc3)cc3ccccc3c21. The van der Waals surface area contributed by atoms with Crippen LogP contribution in [-0.4, -0.2) is 17.5 Å². The van der Waals surface area contributed by atoms with Crippen molar-refractivity contribution in [3.63, 3.8) is 0 Å². The Morgan fingerprint density at radius 2 is 1.41 bits per heavy atom. The minimum Gasteiger partial charge on any atom is -0.451 e. The van der Waals surface area contributed by atoms with E-state index in [1.165, 1.54) is 0 Å². The topological polar surface area (TPSA) is 76.4 Å². The number of para-hydroxylation sites is 1. The summed E-state index contributed by atoms with van der Waals surface area (Å²) in [6, 6.07) is 25.0. The standard InChI is InChI=1S/C27H15NO4/c29-23-18-12-6-7-13-19(18)24(30)26-22(23)21-17-11-5-4-8-15(17)14-20(25(21)32-26)27(31)28-16-9-2-1-3-10-16/h1-14H,(H,28,31). The predicted octanol–water partition coefficient (Wildman–Crippen LogP) is 5.61. The van der Waals surface area contributed by atoms with Crippen molar-refractivity contribution in [2.24, 2.45) is 0 Å². The van der Waals surface area contributed by atoms with E-state index in [2.05, 4.69) is 5.32 Å². The summed E-state index contributed by atoms with van der Waals surface area (Å²) in [5, 5.41) is 4.89. The van der Waals surface area contributed by atoms with Crippen molar-refractivity contribution in [3.05, 3.63) is 113 Å². The Labute approximate surface area is 182 Å². The summed E-state index contributed by atoms with van der Waals surface area (Å²) in [4.78, 5) is 39.8. The smallest absolute Gasteiger partial charge is 0.259 e. The number of carbonyl (C=O) groups excluding carboxylic acids is 3. The van der Waals surface area contributed by atoms with Gasteiger partial charge in [0.05, 0.1) is 11.1 Å². The molecule has 0 saturated carbocycles. The van der Waals surface area contributed by atoms with Crippen molar-refractivity contribution in [2.75, 3.05) is 5.32 Å². The van der Waals surface area contributed by atoms with Gasteiger partial charge in [-0.2, -0.15) is 0 Å². The van der Waals surface area contributed by atoms with Gasteiger partial charge in [0, 0.05) is 22.2 Å². The van der Waals surface area contributed by atoms with Crippen molar-refractivity contribution in [3.8, 4) is 0 Å². The first-order valence-electron chi connectivity index (χ1n) is 10.2. The van der Waals surface area contributed by atoms with Gasteiger partial charge in [0.1, 0.15) is 5.58 Å². The Kier molecular flexibility index (Phi) is 3.86. The van der Waals surface area contributed by atoms with Crippen LogP contribution in [0.25, 0.3) is 21.7 Å². The van der Waals surface area contributed by atoms with E-state index in [1.807, 2.05) is 42.5 Å². The van der Waals surface area contributed by atoms with Gasteiger partial charge in [-0.05, 0) is 29.0 Å². The Bertz CT molecular complexity index is 1590. The van der Waals surface area contributed by atoms with Crippen LogP contribution in [0.15, 0.2) is 89.3 Å². The highest BCUT2D eigenvalue weighted by atomic mass is 16.3. The van der Waals surface area contributed by atoms with E-state index in [0.29, 0.717) is 22.2 Å². The first-order valence-corrected chi connectivity index (χ1v) is 10.2. The molecule has 5 nitrogen and oxygen atoms in total. The van der Waals surface area contributed by atoms with Crippen LogP contribution < -0.4 is 5.32 Å². The molecule has 0 fully saturated rings. The van der Waals surface area contributed by atoms with Crippen LogP contribution >= 0.6 is 0 Å². The number of anilines is 1. The number of nitrogens with one attached hydrogen (secondary N) is 1. The second kappa shape index (κ2) is 6.75. The molecule has 1 N–H and O–H groups in total. The Hall–Kier alpha value is -4.51. The average Bonchev–Trinajstić information content (AvgIpc) is 3.24. The monoisotopic (exact) mass is 417 g/mol. The highest BCUT2D eigenvalue weighted by Gasteiger charge is 2.36. The number of amides is 1. The highest BCUT2D eigenvalue weighted by Crippen LogP contribution is 2.40. The van der Waals surface area contributed by atoms with Gasteiger partial charge < -0.3 is 9.73 Å². The summed E-state index contributed by atoms with van der Waals surface area (Å²) in [5.74, 6) is -1.03. The highest BCUT2D eigenvalue weighted by molar-refractivity contribution is 6.35. The van der Waals surface area contributed by atoms with Gasteiger partial charge in [-0.1, -0.05) is 66.7 Å². The van der Waals surface area contributed by atoms with E-state index in [-0.39, 0.29) is 39.9 Å². The molecule has 6 rings (SSSR count). The van der Waals surface area contributed by atoms with Crippen LogP contribution in [0.5, 0.6) is 0 Å². The van der Waals surface area contributed by atoms with E-state index < -0.39 is 0 Å². The summed E-state index contributed by atoms with van der Waals surface area (Å²) in [6.45, 7) is 0. The molecule has 1 aliphatic carbocycles. The third-order valence-electron chi connectivity index (χ3n) is 5.81. The van der Waals surface area contributed by atoms with Gasteiger partial charge in [0.2, 0.25) is 5.78 Å². The van der Waals surface area contributed by atoms with Crippen molar-refractivity contribution < 1.29 is 18.8 Å². The Balaban J connectivity index is 1.65. The van der Waals surface area contributed by atoms with Crippen molar-refractivity contribution in [1.82, 2.24) is 0 Å². The molecular formula is C27H15NO4. The first-order chi connectivity index (χ1) is 15.6. The molecule has 0 saturated heterocycles. The number of fused-ring (bicyclic) bond motifs is 6. The molecule has 152 valence electrons. The molecule has 4 aromatic carbocycles. The van der Waals surface area contributed by atoms with Crippen LogP contribution in [0.2, 0.25) is 0 Å². The molecule has 5 heteroatoms. The number of ketones is 2. The van der Waals surface area contributed by atoms with Crippen molar-refractivity contribution in [1.29, 1.82) is 0 Å². The molecule has 5 aromatic rings. The minimum absolute atomic E-state index is 0.0196. The maximum absolute atomic E-state index is 13.4. The summed E-state index contributed by atoms with van der Waals surface area (Å²) in [6.07, 6.45) is 0. The lowest BCUT2D eigenvalue weighted by Crippen LogP contribution is -2.19. The normalized spacial score (nSPS) is 12.6. The van der Waals surface area contributed by atoms with Crippen LogP contribution in [-0.2, 0) is 0 Å². The number of furan rings is 1. The molecule has 1 heterocycles. The maximum atomic E-state index is 13.4. The molecule has 0 unspecified atom stereocenters. The molecule has 1 aliphatic rings. The minimum atomic E-state index is -0.379. The fraction of sp³-hybridized carbons (Fsp3) is 0. The van der Waals surface area contributed by atoms with Gasteiger partial charge >= 0.3 is 0 Å². The van der Waals surface area contributed by atoms with E-state index >= 15 is 0 Å². The zero-order valence-electron chi connectivity index (χ0n) is 16.7. The van der Waals surface area contributed by atoms with Crippen molar-refractivity contribution in [2.45, 2.75) is 0 Å². The summed E-state index contributed by atoms with van der Waals surface area (Å²) in [7, 11) is 0. The third kappa shape index (κ3) is 2.55. The van der Waals surface area contributed by atoms with E-state index in [9.17, 15) is 14.4 Å². The summed E-state index contributed by atoms with van der Waals surface area (Å²) < 4.78 is 6.00. The van der Waals surface area contributed by atoms with Gasteiger partial charge in [0.25, 0.3) is 5.91 Å². The van der Waals surface area contributed by atoms with Crippen LogP contribution in [0, 0.1) is 0 Å². The zero-order valence-corrected chi connectivity index (χ0v) is 16.7. The summed E-state index contributed by atoms with van der Waals surface area (Å²) >= 11 is 0. The fourth-order valence-electron chi connectivity index (χ4n) is 4.35. The third-order valence-corrected chi connectivity index (χ3v) is 5.81. The van der Waals surface area contributed by atoms with Gasteiger partial charge in [0.15, 0.2) is 11.5 Å². The molecule has 0 radical (unpaired) electrons. The van der Waals surface area contributed by atoms with E-state index in [1.54, 1.807) is 42.5 Å². The van der Waals surface area contributed by atoms with Crippen LogP contribution in [0.3, 0.4) is 0 Å². The summed E-state index contributed by atoms with van der Waals surface area (Å²) in [5.41, 5.74) is 2.00. The second-order valence-electron chi connectivity index (χ2n) is 7.68. The lowest BCUT2D eigenvalue weighted by molar-refractivity contribution is 0.0961. The number of rotatable bonds is 2. The average molecular weight is 417 g/mol. The fourth-order valence-corrected chi connectivity index (χ4v) is 4.35. The number of hydrogen-bond donors (Lipinski definition) is 1. The van der Waals surface area contributed by atoms with Crippen LogP contribution in [0.1, 0.15) is 42.4 Å². The van der Waals surface area contributed by atoms with E-state index in [0.717, 1.165) is 10.8 Å². The maximum Gasteiger partial charge on any atom is 0.259 e. The zero-order chi connectivity index (χ0) is 21.8. The first kappa shape index (κ1) is 18.3. The number of hydrogen-bond acceptors (Lipinski definition) is 4. The molecule has 0 atom stereocenters. The van der Waals surface area contributed by atoms with Gasteiger partial charge in [-0.3, -0.25) is 14.4 Å². The second-order valence-corrected chi connectivity index (χ2v) is 7.68. The molecule has 32 heavy (non-hydrogen) atoms. The lowest BCUT2D eigenvalue weighted by atomic mass is 9.86. The van der Waals surface area contributed by atoms with Gasteiger partial charge in [-0.25, -0.2) is 0 Å². The molecule has 0 aliphatic heterocycles. The van der Waals surface area contributed by atoms with Crippen molar-refractivity contribution >= 4 is 44.9 Å². The largest absolute Gasteiger partial charge is 0.451 e. The number of benzene rings is 4. The van der Waals surface area contributed by atoms with Gasteiger partial charge in [-0.15, -0.1) is 0 Å². The Morgan fingerprint density at radius 1 is 0.750 bits per heavy atom.